The SMILES string of the molecule is CC1(C)C[C@H]2CN1S(=O)(C(C)(C)C)=[P+]1[CH-]C=C(c3cc(C#N)cc4c3N2CCO4)c2[s+][c-](CO)cc21. The van der Waals surface area contributed by atoms with Crippen molar-refractivity contribution in [2.75, 3.05) is 24.6 Å². The van der Waals surface area contributed by atoms with Gasteiger partial charge in [-0.2, -0.15) is 21.2 Å². The second kappa shape index (κ2) is 7.99. The van der Waals surface area contributed by atoms with E-state index in [0.29, 0.717) is 12.2 Å². The van der Waals surface area contributed by atoms with Crippen LogP contribution in [0.4, 0.5) is 5.69 Å². The van der Waals surface area contributed by atoms with E-state index in [1.165, 1.54) is 0 Å². The molecule has 0 saturated carbocycles. The molecule has 36 heavy (non-hydrogen) atoms. The molecular weight excluding hydrogens is 509 g/mol. The molecule has 5 aliphatic rings. The van der Waals surface area contributed by atoms with E-state index < -0.39 is 20.7 Å². The smallest absolute Gasteiger partial charge is 0.159 e. The lowest BCUT2D eigenvalue weighted by atomic mass is 9.94. The van der Waals surface area contributed by atoms with E-state index in [-0.39, 0.29) is 18.2 Å². The van der Waals surface area contributed by atoms with Gasteiger partial charge >= 0.3 is 0 Å². The molecule has 1 aromatic carbocycles. The standard InChI is InChI=1S/C27H32N3O3PS2/c1-26(2,3)36(32)30-15-18(13-27(30,4)5)29-7-8-33-22-11-17(14-28)10-21(24(22)29)20-6-9-34(36)23-12-19(16-31)35-25(20)23/h6,9-12,18,31H,7-8,13,15-16H2,1-5H3/t18-,36?/m0/s1. The highest BCUT2D eigenvalue weighted by molar-refractivity contribution is 8.32. The van der Waals surface area contributed by atoms with Crippen molar-refractivity contribution in [1.29, 1.82) is 5.26 Å². The van der Waals surface area contributed by atoms with Crippen molar-refractivity contribution in [3.05, 3.63) is 51.3 Å². The number of benzene rings is 1. The summed E-state index contributed by atoms with van der Waals surface area (Å²) >= 11 is 1.58. The molecule has 0 spiro atoms. The number of allylic oxidation sites excluding steroid dienone is 1. The Morgan fingerprint density at radius 2 is 2.19 bits per heavy atom. The van der Waals surface area contributed by atoms with Crippen LogP contribution in [0.25, 0.3) is 5.57 Å². The number of nitrogens with zero attached hydrogens (tertiary/aromatic N) is 3. The van der Waals surface area contributed by atoms with Gasteiger partial charge < -0.3 is 14.7 Å². The molecule has 5 aliphatic heterocycles. The Bertz CT molecular complexity index is 1480. The Labute approximate surface area is 218 Å². The van der Waals surface area contributed by atoms with Crippen LogP contribution in [0.1, 0.15) is 61.9 Å². The summed E-state index contributed by atoms with van der Waals surface area (Å²) in [7, 11) is -2.55. The van der Waals surface area contributed by atoms with E-state index in [1.54, 1.807) is 11.3 Å². The predicted molar refractivity (Wildman–Crippen MR) is 149 cm³/mol. The summed E-state index contributed by atoms with van der Waals surface area (Å²) in [5, 5.41) is 21.0. The average molecular weight is 542 g/mol. The molecule has 6 nitrogen and oxygen atoms in total. The van der Waals surface area contributed by atoms with Gasteiger partial charge in [-0.15, -0.1) is 0 Å². The highest BCUT2D eigenvalue weighted by atomic mass is 32.5. The van der Waals surface area contributed by atoms with Crippen LogP contribution in [0.3, 0.4) is 0 Å². The largest absolute Gasteiger partial charge is 0.490 e. The number of aliphatic hydroxyl groups excluding tert-OH is 1. The number of anilines is 1. The van der Waals surface area contributed by atoms with Crippen LogP contribution in [0.15, 0.2) is 24.3 Å². The molecule has 7 rings (SSSR count). The lowest BCUT2D eigenvalue weighted by Gasteiger charge is -2.40. The molecular formula is C27H32N3O3PS2. The number of aliphatic hydroxyl groups is 1. The van der Waals surface area contributed by atoms with Gasteiger partial charge in [0, 0.05) is 18.1 Å². The Morgan fingerprint density at radius 1 is 1.42 bits per heavy atom. The fourth-order valence-electron chi connectivity index (χ4n) is 6.16. The summed E-state index contributed by atoms with van der Waals surface area (Å²) < 4.78 is 23.7. The first kappa shape index (κ1) is 24.3. The van der Waals surface area contributed by atoms with Gasteiger partial charge in [0.2, 0.25) is 0 Å². The zero-order chi connectivity index (χ0) is 25.6. The summed E-state index contributed by atoms with van der Waals surface area (Å²) in [4.78, 5) is 4.38. The number of thiophene rings is 1. The second-order valence-corrected chi connectivity index (χ2v) is 19.4. The van der Waals surface area contributed by atoms with Gasteiger partial charge in [0.25, 0.3) is 0 Å². The van der Waals surface area contributed by atoms with Crippen LogP contribution in [-0.4, -0.2) is 49.6 Å². The molecule has 1 N–H and O–H groups in total. The van der Waals surface area contributed by atoms with Crippen molar-refractivity contribution in [2.24, 2.45) is 0 Å². The molecule has 2 aromatic rings. The topological polar surface area (TPSA) is 76.8 Å². The van der Waals surface area contributed by atoms with E-state index in [0.717, 1.165) is 57.1 Å². The first-order valence-electron chi connectivity index (χ1n) is 12.4. The molecule has 0 aliphatic carbocycles. The summed E-state index contributed by atoms with van der Waals surface area (Å²) in [5.74, 6) is 0.747. The molecule has 4 bridgehead atoms. The minimum atomic E-state index is -2.55. The van der Waals surface area contributed by atoms with Gasteiger partial charge in [-0.3, -0.25) is 0 Å². The Kier molecular flexibility index (Phi) is 5.40. The molecule has 0 radical (unpaired) electrons. The zero-order valence-corrected chi connectivity index (χ0v) is 23.9. The van der Waals surface area contributed by atoms with Crippen LogP contribution in [0.5, 0.6) is 5.75 Å². The van der Waals surface area contributed by atoms with Crippen LogP contribution in [-0.2, 0) is 15.9 Å². The number of fused-ring (bicyclic) bond motifs is 1. The normalized spacial score (nSPS) is 28.8. The monoisotopic (exact) mass is 541 g/mol. The first-order chi connectivity index (χ1) is 17.0. The van der Waals surface area contributed by atoms with Crippen molar-refractivity contribution in [2.45, 2.75) is 64.0 Å². The van der Waals surface area contributed by atoms with Crippen LogP contribution in [0, 0.1) is 17.5 Å². The van der Waals surface area contributed by atoms with Gasteiger partial charge in [0.05, 0.1) is 63.4 Å². The quantitative estimate of drug-likeness (QED) is 0.319. The molecule has 0 amide bonds. The minimum Gasteiger partial charge on any atom is -0.490 e. The third kappa shape index (κ3) is 3.27. The fraction of sp³-hybridized carbons (Fsp3) is 0.481. The maximum atomic E-state index is 15.6. The number of hydrogen-bond donors (Lipinski definition) is 1. The minimum absolute atomic E-state index is 0.0479. The van der Waals surface area contributed by atoms with E-state index in [2.05, 4.69) is 68.2 Å². The van der Waals surface area contributed by atoms with Crippen molar-refractivity contribution in [3.8, 4) is 11.8 Å². The molecule has 3 unspecified atom stereocenters. The maximum absolute atomic E-state index is 15.6. The van der Waals surface area contributed by atoms with Gasteiger partial charge in [-0.05, 0) is 53.3 Å². The number of nitriles is 1. The summed E-state index contributed by atoms with van der Waals surface area (Å²) in [6, 6.07) is 8.43. The van der Waals surface area contributed by atoms with Crippen molar-refractivity contribution < 1.29 is 14.1 Å². The van der Waals surface area contributed by atoms with Gasteiger partial charge in [-0.1, -0.05) is 17.7 Å². The van der Waals surface area contributed by atoms with E-state index in [9.17, 15) is 10.4 Å². The number of ether oxygens (including phenoxy) is 1. The van der Waals surface area contributed by atoms with Crippen molar-refractivity contribution >= 4 is 43.9 Å². The van der Waals surface area contributed by atoms with Gasteiger partial charge in [-0.25, -0.2) is 4.21 Å². The van der Waals surface area contributed by atoms with Crippen LogP contribution >= 0.6 is 18.0 Å². The van der Waals surface area contributed by atoms with E-state index >= 15 is 4.21 Å². The fourth-order valence-corrected chi connectivity index (χ4v) is 17.1. The van der Waals surface area contributed by atoms with E-state index in [4.69, 9.17) is 4.74 Å². The Morgan fingerprint density at radius 3 is 2.89 bits per heavy atom. The highest BCUT2D eigenvalue weighted by Crippen LogP contribution is 2.55. The number of rotatable bonds is 1. The average Bonchev–Trinajstić information content (AvgIpc) is 3.41. The maximum Gasteiger partial charge on any atom is 0.159 e. The predicted octanol–water partition coefficient (Wildman–Crippen LogP) is 4.80. The first-order valence-corrected chi connectivity index (χ1v) is 16.7. The van der Waals surface area contributed by atoms with Gasteiger partial charge in [0.1, 0.15) is 17.2 Å². The van der Waals surface area contributed by atoms with Crippen molar-refractivity contribution in [3.63, 3.8) is 0 Å². The molecule has 1 fully saturated rings. The summed E-state index contributed by atoms with van der Waals surface area (Å²) in [5.41, 5.74) is 3.36. The number of hydrogen-bond acceptors (Lipinski definition) is 5. The molecule has 9 heteroatoms. The zero-order valence-electron chi connectivity index (χ0n) is 21.4. The molecule has 4 atom stereocenters. The molecule has 6 heterocycles. The highest BCUT2D eigenvalue weighted by Gasteiger charge is 2.53. The van der Waals surface area contributed by atoms with Crippen LogP contribution in [0.2, 0.25) is 0 Å². The van der Waals surface area contributed by atoms with Crippen molar-refractivity contribution in [1.82, 2.24) is 4.31 Å². The molecule has 190 valence electrons. The Hall–Kier alpha value is -2.01. The lowest BCUT2D eigenvalue weighted by Crippen LogP contribution is -2.50. The Balaban J connectivity index is 1.78. The second-order valence-electron chi connectivity index (χ2n) is 11.5. The van der Waals surface area contributed by atoms with E-state index in [1.807, 2.05) is 12.1 Å². The van der Waals surface area contributed by atoms with Gasteiger partial charge in [0.15, 0.2) is 9.30 Å². The third-order valence-corrected chi connectivity index (χ3v) is 18.5. The summed E-state index contributed by atoms with van der Waals surface area (Å²) in [6.45, 7) is 11.6. The lowest BCUT2D eigenvalue weighted by molar-refractivity contribution is 0.285. The molecule has 1 saturated heterocycles. The molecule has 1 aromatic heterocycles. The summed E-state index contributed by atoms with van der Waals surface area (Å²) in [6.07, 6.45) is 5.22. The third-order valence-electron chi connectivity index (χ3n) is 7.74. The van der Waals surface area contributed by atoms with Crippen LogP contribution < -0.4 is 14.9 Å².